The Kier molecular flexibility index (Phi) is 13.1. The number of ether oxygens (including phenoxy) is 2. The normalized spacial score (nSPS) is 17.4. The highest BCUT2D eigenvalue weighted by molar-refractivity contribution is 6.90. The summed E-state index contributed by atoms with van der Waals surface area (Å²) in [6.45, 7) is 16.3. The molecule has 0 saturated carbocycles. The van der Waals surface area contributed by atoms with Crippen LogP contribution in [0.1, 0.15) is 71.9 Å². The molecule has 9 nitrogen and oxygen atoms in total. The number of nitrogens with zero attached hydrogens (tertiary/aromatic N) is 6. The van der Waals surface area contributed by atoms with Gasteiger partial charge in [-0.15, -0.1) is 5.54 Å². The van der Waals surface area contributed by atoms with E-state index in [0.29, 0.717) is 59.6 Å². The van der Waals surface area contributed by atoms with Crippen LogP contribution >= 0.6 is 0 Å². The van der Waals surface area contributed by atoms with Crippen molar-refractivity contribution in [1.29, 1.82) is 5.26 Å². The second-order valence-corrected chi connectivity index (χ2v) is 22.9. The quantitative estimate of drug-likeness (QED) is 0.0960. The van der Waals surface area contributed by atoms with Gasteiger partial charge in [-0.1, -0.05) is 114 Å². The number of likely N-dealkylation sites (tertiary alicyclic amines) is 1. The van der Waals surface area contributed by atoms with Crippen LogP contribution in [0, 0.1) is 28.6 Å². The molecule has 5 aromatic rings. The van der Waals surface area contributed by atoms with Crippen molar-refractivity contribution < 1.29 is 18.7 Å². The molecule has 0 spiro atoms. The van der Waals surface area contributed by atoms with Crippen LogP contribution in [0.3, 0.4) is 0 Å². The predicted octanol–water partition coefficient (Wildman–Crippen LogP) is 10.4. The molecule has 1 aromatic heterocycles. The van der Waals surface area contributed by atoms with Crippen molar-refractivity contribution in [3.63, 3.8) is 0 Å². The monoisotopic (exact) mass is 824 g/mol. The molecule has 0 N–H and O–H groups in total. The van der Waals surface area contributed by atoms with Gasteiger partial charge in [0, 0.05) is 47.6 Å². The van der Waals surface area contributed by atoms with E-state index in [1.165, 1.54) is 0 Å². The van der Waals surface area contributed by atoms with Crippen molar-refractivity contribution >= 4 is 41.7 Å². The van der Waals surface area contributed by atoms with Crippen LogP contribution in [-0.4, -0.2) is 85.9 Å². The average molecular weight is 825 g/mol. The molecule has 312 valence electrons. The summed E-state index contributed by atoms with van der Waals surface area (Å²) in [5, 5.41) is 12.3. The van der Waals surface area contributed by atoms with Crippen LogP contribution in [0.5, 0.6) is 6.01 Å². The maximum absolute atomic E-state index is 17.5. The Balaban J connectivity index is 1.29. The molecule has 0 aliphatic carbocycles. The standard InChI is InChI=1S/C49H57FN6O3Si/c1-33(2)60(34(3)4,35(5)6)29-24-38-17-11-16-37-18-12-20-41(44(37)38)42-21-22-43-46(45(42)50)52-48(58-32-40-19-13-26-54(40)7)53-47(43)55-27-28-56(39(30-55)23-25-51)49(57)59-31-36-14-9-8-10-15-36/h8-12,14-18,20-22,33-35,39-40H,13,19,23,26-28,30-32H2,1-7H3/t39-,40-/m0/s1. The van der Waals surface area contributed by atoms with Gasteiger partial charge in [-0.05, 0) is 71.7 Å². The third-order valence-electron chi connectivity index (χ3n) is 12.9. The Morgan fingerprint density at radius 2 is 1.62 bits per heavy atom. The zero-order chi connectivity index (χ0) is 42.6. The Bertz CT molecular complexity index is 2410. The van der Waals surface area contributed by atoms with Crippen LogP contribution in [0.2, 0.25) is 16.6 Å². The summed E-state index contributed by atoms with van der Waals surface area (Å²) in [4.78, 5) is 29.0. The largest absolute Gasteiger partial charge is 0.462 e. The number of carbonyl (C=O) groups excluding carboxylic acids is 1. The lowest BCUT2D eigenvalue weighted by Gasteiger charge is -2.40. The summed E-state index contributed by atoms with van der Waals surface area (Å²) in [6.07, 6.45) is 1.70. The molecule has 0 radical (unpaired) electrons. The van der Waals surface area contributed by atoms with E-state index < -0.39 is 26.0 Å². The fraction of sp³-hybridized carbons (Fsp3) is 0.429. The van der Waals surface area contributed by atoms with Crippen molar-refractivity contribution in [2.45, 2.75) is 96.1 Å². The van der Waals surface area contributed by atoms with Gasteiger partial charge in [0.2, 0.25) is 0 Å². The lowest BCUT2D eigenvalue weighted by atomic mass is 9.93. The van der Waals surface area contributed by atoms with Crippen molar-refractivity contribution in [2.75, 3.05) is 44.7 Å². The number of nitriles is 1. The molecule has 4 aromatic carbocycles. The van der Waals surface area contributed by atoms with Gasteiger partial charge in [0.15, 0.2) is 5.82 Å². The molecule has 11 heteroatoms. The Hall–Kier alpha value is -5.49. The summed E-state index contributed by atoms with van der Waals surface area (Å²) < 4.78 is 29.5. The number of rotatable bonds is 11. The average Bonchev–Trinajstić information content (AvgIpc) is 3.66. The van der Waals surface area contributed by atoms with Crippen LogP contribution in [0.25, 0.3) is 32.8 Å². The SMILES string of the molecule is CC(C)[Si](C#Cc1cccc2cccc(-c3ccc4c(N5CCN(C(=O)OCc6ccccc6)[C@@H](CC#N)C5)nc(OC[C@@H]5CCCN5C)nc4c3F)c12)(C(C)C)C(C)C. The molecule has 0 bridgehead atoms. The number of halogens is 1. The van der Waals surface area contributed by atoms with Crippen molar-refractivity contribution in [3.05, 3.63) is 95.8 Å². The number of piperazine rings is 1. The Morgan fingerprint density at radius 3 is 2.30 bits per heavy atom. The molecule has 0 unspecified atom stereocenters. The first kappa shape index (κ1) is 42.6. The number of hydrogen-bond acceptors (Lipinski definition) is 8. The van der Waals surface area contributed by atoms with Gasteiger partial charge < -0.3 is 24.2 Å². The van der Waals surface area contributed by atoms with Crippen LogP contribution < -0.4 is 9.64 Å². The van der Waals surface area contributed by atoms with E-state index in [4.69, 9.17) is 19.4 Å². The third-order valence-corrected chi connectivity index (χ3v) is 19.2. The number of benzene rings is 4. The first-order valence-corrected chi connectivity index (χ1v) is 23.6. The van der Waals surface area contributed by atoms with E-state index in [1.807, 2.05) is 65.6 Å². The number of anilines is 1. The fourth-order valence-corrected chi connectivity index (χ4v) is 14.9. The summed E-state index contributed by atoms with van der Waals surface area (Å²) in [5.41, 5.74) is 8.40. The molecular formula is C49H57FN6O3Si. The van der Waals surface area contributed by atoms with Gasteiger partial charge in [0.1, 0.15) is 32.6 Å². The van der Waals surface area contributed by atoms with Crippen molar-refractivity contribution in [2.24, 2.45) is 0 Å². The minimum Gasteiger partial charge on any atom is -0.462 e. The van der Waals surface area contributed by atoms with E-state index >= 15 is 4.39 Å². The molecule has 60 heavy (non-hydrogen) atoms. The van der Waals surface area contributed by atoms with E-state index in [0.717, 1.165) is 46.8 Å². The highest BCUT2D eigenvalue weighted by Crippen LogP contribution is 2.42. The zero-order valence-electron chi connectivity index (χ0n) is 36.0. The van der Waals surface area contributed by atoms with E-state index in [2.05, 4.69) is 89.2 Å². The summed E-state index contributed by atoms with van der Waals surface area (Å²) in [5.74, 6) is 3.69. The number of carbonyl (C=O) groups is 1. The molecule has 2 aliphatic rings. The Morgan fingerprint density at radius 1 is 0.883 bits per heavy atom. The van der Waals surface area contributed by atoms with E-state index in [9.17, 15) is 10.1 Å². The second kappa shape index (κ2) is 18.4. The molecule has 7 rings (SSSR count). The topological polar surface area (TPSA) is 94.8 Å². The third kappa shape index (κ3) is 8.57. The maximum Gasteiger partial charge on any atom is 0.410 e. The maximum atomic E-state index is 17.5. The van der Waals surface area contributed by atoms with Crippen molar-refractivity contribution in [1.82, 2.24) is 19.8 Å². The first-order chi connectivity index (χ1) is 28.9. The summed E-state index contributed by atoms with van der Waals surface area (Å²) in [7, 11) is 0.0293. The molecule has 3 heterocycles. The second-order valence-electron chi connectivity index (χ2n) is 17.3. The zero-order valence-corrected chi connectivity index (χ0v) is 37.0. The minimum atomic E-state index is -2.05. The van der Waals surface area contributed by atoms with Crippen LogP contribution in [0.4, 0.5) is 15.0 Å². The summed E-state index contributed by atoms with van der Waals surface area (Å²) in [6, 6.07) is 27.4. The summed E-state index contributed by atoms with van der Waals surface area (Å²) >= 11 is 0. The predicted molar refractivity (Wildman–Crippen MR) is 241 cm³/mol. The number of hydrogen-bond donors (Lipinski definition) is 0. The number of aromatic nitrogens is 2. The van der Waals surface area contributed by atoms with Crippen LogP contribution in [-0.2, 0) is 11.3 Å². The number of likely N-dealkylation sites (N-methyl/N-ethyl adjacent to an activating group) is 1. The van der Waals surface area contributed by atoms with Gasteiger partial charge in [-0.2, -0.15) is 15.2 Å². The van der Waals surface area contributed by atoms with E-state index in [-0.39, 0.29) is 30.6 Å². The smallest absolute Gasteiger partial charge is 0.410 e. The molecule has 2 fully saturated rings. The van der Waals surface area contributed by atoms with Gasteiger partial charge in [0.25, 0.3) is 0 Å². The Labute approximate surface area is 355 Å². The van der Waals surface area contributed by atoms with Crippen LogP contribution in [0.15, 0.2) is 78.9 Å². The minimum absolute atomic E-state index is 0.0945. The van der Waals surface area contributed by atoms with E-state index in [1.54, 1.807) is 4.90 Å². The lowest BCUT2D eigenvalue weighted by Crippen LogP contribution is -2.55. The van der Waals surface area contributed by atoms with Crippen molar-refractivity contribution in [3.8, 4) is 34.7 Å². The van der Waals surface area contributed by atoms with Gasteiger partial charge >= 0.3 is 12.1 Å². The molecular weight excluding hydrogens is 768 g/mol. The molecule has 2 aliphatic heterocycles. The highest BCUT2D eigenvalue weighted by Gasteiger charge is 2.42. The molecule has 2 atom stereocenters. The molecule has 1 amide bonds. The highest BCUT2D eigenvalue weighted by atomic mass is 28.3. The number of amides is 1. The van der Waals surface area contributed by atoms with Gasteiger partial charge in [0.05, 0.1) is 18.5 Å². The first-order valence-electron chi connectivity index (χ1n) is 21.4. The van der Waals surface area contributed by atoms with Gasteiger partial charge in [-0.3, -0.25) is 0 Å². The lowest BCUT2D eigenvalue weighted by molar-refractivity contribution is 0.0768. The molecule has 2 saturated heterocycles. The fourth-order valence-electron chi connectivity index (χ4n) is 9.65. The number of fused-ring (bicyclic) bond motifs is 2. The van der Waals surface area contributed by atoms with Gasteiger partial charge in [-0.25, -0.2) is 9.18 Å².